The van der Waals surface area contributed by atoms with Gasteiger partial charge in [0.1, 0.15) is 5.82 Å². The molecule has 136 valence electrons. The second kappa shape index (κ2) is 7.03. The van der Waals surface area contributed by atoms with Crippen LogP contribution >= 0.6 is 0 Å². The second-order valence-electron chi connectivity index (χ2n) is 6.43. The van der Waals surface area contributed by atoms with Gasteiger partial charge >= 0.3 is 6.03 Å². The maximum absolute atomic E-state index is 12.7. The fourth-order valence-corrected chi connectivity index (χ4v) is 3.54. The van der Waals surface area contributed by atoms with Crippen LogP contribution in [-0.2, 0) is 6.54 Å². The molecule has 0 spiro atoms. The monoisotopic (exact) mass is 361 g/mol. The molecule has 2 aromatic heterocycles. The molecule has 1 aliphatic rings. The minimum absolute atomic E-state index is 0.131. The lowest BCUT2D eigenvalue weighted by Crippen LogP contribution is -2.43. The van der Waals surface area contributed by atoms with Crippen molar-refractivity contribution < 1.29 is 4.79 Å². The molecule has 0 bridgehead atoms. The number of nitrogens with two attached hydrogens (primary N) is 1. The van der Waals surface area contributed by atoms with Gasteiger partial charge in [0.25, 0.3) is 5.56 Å². The molecule has 0 saturated carbocycles. The van der Waals surface area contributed by atoms with Crippen LogP contribution in [-0.4, -0.2) is 20.6 Å². The zero-order valence-corrected chi connectivity index (χ0v) is 14.7. The van der Waals surface area contributed by atoms with E-state index in [1.165, 1.54) is 11.0 Å². The Labute approximate surface area is 156 Å². The number of primary amides is 1. The number of hydrogen-bond donors (Lipinski definition) is 1. The summed E-state index contributed by atoms with van der Waals surface area (Å²) in [6.07, 6.45) is 4.77. The number of amides is 2. The van der Waals surface area contributed by atoms with Crippen molar-refractivity contribution in [3.05, 3.63) is 77.1 Å². The number of anilines is 1. The normalized spacial score (nSPS) is 15.8. The van der Waals surface area contributed by atoms with E-state index >= 15 is 0 Å². The van der Waals surface area contributed by atoms with Gasteiger partial charge in [-0.05, 0) is 37.1 Å². The summed E-state index contributed by atoms with van der Waals surface area (Å²) in [5.41, 5.74) is 7.64. The summed E-state index contributed by atoms with van der Waals surface area (Å²) >= 11 is 0. The molecule has 1 atom stereocenters. The predicted octanol–water partition coefficient (Wildman–Crippen LogP) is 2.73. The third kappa shape index (κ3) is 3.19. The maximum Gasteiger partial charge on any atom is 0.319 e. The SMILES string of the molecule is NC(=O)N(c1ccccc1)C1CCCn2c1nc(-c1ccncc1)cc2=O. The van der Waals surface area contributed by atoms with E-state index in [0.29, 0.717) is 30.2 Å². The van der Waals surface area contributed by atoms with Gasteiger partial charge in [0, 0.05) is 36.3 Å². The molecule has 0 aliphatic carbocycles. The quantitative estimate of drug-likeness (QED) is 0.776. The Morgan fingerprint density at radius 3 is 2.59 bits per heavy atom. The van der Waals surface area contributed by atoms with E-state index in [1.807, 2.05) is 30.3 Å². The van der Waals surface area contributed by atoms with Crippen molar-refractivity contribution >= 4 is 11.7 Å². The Morgan fingerprint density at radius 2 is 1.89 bits per heavy atom. The number of carbonyl (C=O) groups excluding carboxylic acids is 1. The highest BCUT2D eigenvalue weighted by Gasteiger charge is 2.32. The molecule has 1 unspecified atom stereocenters. The number of pyridine rings is 1. The van der Waals surface area contributed by atoms with Gasteiger partial charge in [0.2, 0.25) is 0 Å². The summed E-state index contributed by atoms with van der Waals surface area (Å²) in [5, 5.41) is 0. The Morgan fingerprint density at radius 1 is 1.15 bits per heavy atom. The highest BCUT2D eigenvalue weighted by atomic mass is 16.2. The smallest absolute Gasteiger partial charge is 0.319 e. The molecule has 2 amide bonds. The van der Waals surface area contributed by atoms with Crippen molar-refractivity contribution in [2.24, 2.45) is 5.73 Å². The number of para-hydroxylation sites is 1. The van der Waals surface area contributed by atoms with Crippen LogP contribution in [0.3, 0.4) is 0 Å². The summed E-state index contributed by atoms with van der Waals surface area (Å²) < 4.78 is 1.64. The van der Waals surface area contributed by atoms with Crippen LogP contribution in [0, 0.1) is 0 Å². The van der Waals surface area contributed by atoms with Gasteiger partial charge in [-0.3, -0.25) is 19.2 Å². The Hall–Kier alpha value is -3.48. The first-order valence-corrected chi connectivity index (χ1v) is 8.81. The summed E-state index contributed by atoms with van der Waals surface area (Å²) in [4.78, 5) is 35.2. The number of urea groups is 1. The van der Waals surface area contributed by atoms with Crippen LogP contribution in [0.15, 0.2) is 65.7 Å². The molecule has 0 radical (unpaired) electrons. The molecule has 2 N–H and O–H groups in total. The van der Waals surface area contributed by atoms with Crippen LogP contribution in [0.5, 0.6) is 0 Å². The summed E-state index contributed by atoms with van der Waals surface area (Å²) in [6, 6.07) is 13.4. The molecular formula is C20H19N5O2. The lowest BCUT2D eigenvalue weighted by molar-refractivity contribution is 0.249. The van der Waals surface area contributed by atoms with Crippen molar-refractivity contribution in [2.75, 3.05) is 4.90 Å². The molecule has 4 rings (SSSR count). The van der Waals surface area contributed by atoms with Crippen molar-refractivity contribution in [3.63, 3.8) is 0 Å². The van der Waals surface area contributed by atoms with E-state index in [1.54, 1.807) is 29.1 Å². The van der Waals surface area contributed by atoms with Crippen LogP contribution in [0.4, 0.5) is 10.5 Å². The Balaban J connectivity index is 1.86. The van der Waals surface area contributed by atoms with E-state index in [2.05, 4.69) is 4.98 Å². The molecule has 1 aromatic carbocycles. The first kappa shape index (κ1) is 17.0. The highest BCUT2D eigenvalue weighted by Crippen LogP contribution is 2.33. The molecular weight excluding hydrogens is 342 g/mol. The van der Waals surface area contributed by atoms with Crippen molar-refractivity contribution in [1.82, 2.24) is 14.5 Å². The first-order valence-electron chi connectivity index (χ1n) is 8.81. The maximum atomic E-state index is 12.7. The summed E-state index contributed by atoms with van der Waals surface area (Å²) in [5.74, 6) is 0.559. The summed E-state index contributed by atoms with van der Waals surface area (Å²) in [7, 11) is 0. The number of rotatable bonds is 3. The van der Waals surface area contributed by atoms with Crippen molar-refractivity contribution in [1.29, 1.82) is 0 Å². The van der Waals surface area contributed by atoms with E-state index < -0.39 is 12.1 Å². The Kier molecular flexibility index (Phi) is 4.42. The van der Waals surface area contributed by atoms with Crippen LogP contribution in [0.1, 0.15) is 24.7 Å². The van der Waals surface area contributed by atoms with Crippen LogP contribution in [0.2, 0.25) is 0 Å². The van der Waals surface area contributed by atoms with E-state index in [-0.39, 0.29) is 5.56 Å². The third-order valence-corrected chi connectivity index (χ3v) is 4.75. The van der Waals surface area contributed by atoms with Gasteiger partial charge in [0.05, 0.1) is 11.7 Å². The zero-order valence-electron chi connectivity index (χ0n) is 14.7. The van der Waals surface area contributed by atoms with Gasteiger partial charge in [-0.2, -0.15) is 0 Å². The fourth-order valence-electron chi connectivity index (χ4n) is 3.54. The standard InChI is InChI=1S/C20H19N5O2/c21-20(27)25(15-5-2-1-3-6-15)17-7-4-12-24-18(26)13-16(23-19(17)24)14-8-10-22-11-9-14/h1-3,5-6,8-11,13,17H,4,7,12H2,(H2,21,27). The fraction of sp³-hybridized carbons (Fsp3) is 0.200. The molecule has 27 heavy (non-hydrogen) atoms. The van der Waals surface area contributed by atoms with Gasteiger partial charge < -0.3 is 5.73 Å². The highest BCUT2D eigenvalue weighted by molar-refractivity contribution is 5.91. The molecule has 3 heterocycles. The van der Waals surface area contributed by atoms with Gasteiger partial charge in [-0.1, -0.05) is 18.2 Å². The average molecular weight is 361 g/mol. The van der Waals surface area contributed by atoms with Gasteiger partial charge in [-0.15, -0.1) is 0 Å². The van der Waals surface area contributed by atoms with Crippen molar-refractivity contribution in [3.8, 4) is 11.3 Å². The number of fused-ring (bicyclic) bond motifs is 1. The minimum atomic E-state index is -0.566. The molecule has 3 aromatic rings. The molecule has 7 heteroatoms. The molecule has 0 fully saturated rings. The Bertz CT molecular complexity index is 1020. The van der Waals surface area contributed by atoms with Crippen molar-refractivity contribution in [2.45, 2.75) is 25.4 Å². The van der Waals surface area contributed by atoms with E-state index in [4.69, 9.17) is 10.7 Å². The minimum Gasteiger partial charge on any atom is -0.351 e. The van der Waals surface area contributed by atoms with Gasteiger partial charge in [0.15, 0.2) is 0 Å². The van der Waals surface area contributed by atoms with Gasteiger partial charge in [-0.25, -0.2) is 9.78 Å². The third-order valence-electron chi connectivity index (χ3n) is 4.75. The molecule has 7 nitrogen and oxygen atoms in total. The number of hydrogen-bond acceptors (Lipinski definition) is 4. The molecule has 0 saturated heterocycles. The number of carbonyl (C=O) groups is 1. The topological polar surface area (TPSA) is 94.1 Å². The predicted molar refractivity (Wildman–Crippen MR) is 102 cm³/mol. The largest absolute Gasteiger partial charge is 0.351 e. The molecule has 1 aliphatic heterocycles. The number of aromatic nitrogens is 3. The van der Waals surface area contributed by atoms with E-state index in [9.17, 15) is 9.59 Å². The first-order chi connectivity index (χ1) is 13.1. The number of benzene rings is 1. The average Bonchev–Trinajstić information content (AvgIpc) is 2.70. The lowest BCUT2D eigenvalue weighted by atomic mass is 10.0. The second-order valence-corrected chi connectivity index (χ2v) is 6.43. The van der Waals surface area contributed by atoms with E-state index in [0.717, 1.165) is 12.0 Å². The lowest BCUT2D eigenvalue weighted by Gasteiger charge is -2.34. The van der Waals surface area contributed by atoms with Crippen LogP contribution < -0.4 is 16.2 Å². The van der Waals surface area contributed by atoms with Crippen LogP contribution in [0.25, 0.3) is 11.3 Å². The number of nitrogens with zero attached hydrogens (tertiary/aromatic N) is 4. The summed E-state index contributed by atoms with van der Waals surface area (Å²) in [6.45, 7) is 0.579. The zero-order chi connectivity index (χ0) is 18.8.